The van der Waals surface area contributed by atoms with E-state index in [1.807, 2.05) is 20.8 Å². The van der Waals surface area contributed by atoms with E-state index in [0.29, 0.717) is 17.7 Å². The first kappa shape index (κ1) is 14.0. The molecule has 0 bridgehead atoms. The average Bonchev–Trinajstić information content (AvgIpc) is 2.86. The lowest BCUT2D eigenvalue weighted by molar-refractivity contribution is 0.252. The smallest absolute Gasteiger partial charge is 0.236 e. The van der Waals surface area contributed by atoms with Gasteiger partial charge in [-0.3, -0.25) is 0 Å². The van der Waals surface area contributed by atoms with E-state index in [0.717, 1.165) is 28.9 Å². The van der Waals surface area contributed by atoms with Crippen molar-refractivity contribution in [2.45, 2.75) is 51.6 Å². The van der Waals surface area contributed by atoms with Crippen LogP contribution in [0.2, 0.25) is 0 Å². The second-order valence-electron chi connectivity index (χ2n) is 5.67. The van der Waals surface area contributed by atoms with Crippen LogP contribution in [0.1, 0.15) is 36.1 Å². The zero-order valence-corrected chi connectivity index (χ0v) is 13.3. The van der Waals surface area contributed by atoms with Crippen molar-refractivity contribution in [3.8, 4) is 11.5 Å². The van der Waals surface area contributed by atoms with Crippen molar-refractivity contribution >= 4 is 19.7 Å². The summed E-state index contributed by atoms with van der Waals surface area (Å²) < 4.78 is 34.7. The standard InChI is InChI=1S/C14H17ClO4S/c1-7-4-10-9(3)13-11(5-8(2)18-13)12(14(10)19-7)6-20(15,16)17/h7-8H,4-6H2,1-3H3. The number of fused-ring (bicyclic) bond motifs is 2. The lowest BCUT2D eigenvalue weighted by Gasteiger charge is -2.15. The summed E-state index contributed by atoms with van der Waals surface area (Å²) in [5.41, 5.74) is 3.75. The van der Waals surface area contributed by atoms with Gasteiger partial charge in [0, 0.05) is 40.2 Å². The molecular formula is C14H17ClO4S. The first-order chi connectivity index (χ1) is 9.26. The Morgan fingerprint density at radius 2 is 1.65 bits per heavy atom. The number of halogens is 1. The van der Waals surface area contributed by atoms with Gasteiger partial charge in [0.2, 0.25) is 9.05 Å². The molecule has 0 saturated carbocycles. The maximum Gasteiger partial charge on any atom is 0.236 e. The first-order valence-electron chi connectivity index (χ1n) is 6.69. The zero-order chi connectivity index (χ0) is 14.7. The number of benzene rings is 1. The lowest BCUT2D eigenvalue weighted by atomic mass is 9.94. The molecule has 6 heteroatoms. The number of hydrogen-bond donors (Lipinski definition) is 0. The van der Waals surface area contributed by atoms with Crippen LogP contribution < -0.4 is 9.47 Å². The van der Waals surface area contributed by atoms with Crippen LogP contribution in [-0.2, 0) is 27.6 Å². The number of hydrogen-bond acceptors (Lipinski definition) is 4. The summed E-state index contributed by atoms with van der Waals surface area (Å²) in [5, 5.41) is 0. The topological polar surface area (TPSA) is 52.6 Å². The molecule has 0 aliphatic carbocycles. The van der Waals surface area contributed by atoms with E-state index in [1.54, 1.807) is 0 Å². The number of rotatable bonds is 2. The van der Waals surface area contributed by atoms with Crippen molar-refractivity contribution in [3.63, 3.8) is 0 Å². The summed E-state index contributed by atoms with van der Waals surface area (Å²) in [6.07, 6.45) is 1.59. The molecule has 2 atom stereocenters. The molecule has 0 spiro atoms. The van der Waals surface area contributed by atoms with E-state index in [2.05, 4.69) is 0 Å². The van der Waals surface area contributed by atoms with Crippen LogP contribution in [0.4, 0.5) is 0 Å². The second kappa shape index (κ2) is 4.53. The predicted octanol–water partition coefficient (Wildman–Crippen LogP) is 2.71. The predicted molar refractivity (Wildman–Crippen MR) is 77.2 cm³/mol. The van der Waals surface area contributed by atoms with Crippen LogP contribution in [0.5, 0.6) is 11.5 Å². The van der Waals surface area contributed by atoms with Gasteiger partial charge in [0.1, 0.15) is 23.7 Å². The number of ether oxygens (including phenoxy) is 2. The van der Waals surface area contributed by atoms with Gasteiger partial charge >= 0.3 is 0 Å². The normalized spacial score (nSPS) is 24.0. The Hall–Kier alpha value is -0.940. The van der Waals surface area contributed by atoms with Gasteiger partial charge < -0.3 is 9.47 Å². The zero-order valence-electron chi connectivity index (χ0n) is 11.7. The van der Waals surface area contributed by atoms with Gasteiger partial charge in [-0.1, -0.05) is 0 Å². The molecule has 2 aliphatic rings. The molecule has 2 aliphatic heterocycles. The highest BCUT2D eigenvalue weighted by Gasteiger charge is 2.35. The molecule has 0 saturated heterocycles. The molecule has 4 nitrogen and oxygen atoms in total. The fraction of sp³-hybridized carbons (Fsp3) is 0.571. The summed E-state index contributed by atoms with van der Waals surface area (Å²) in [7, 11) is 1.83. The molecule has 1 aromatic carbocycles. The highest BCUT2D eigenvalue weighted by Crippen LogP contribution is 2.47. The summed E-state index contributed by atoms with van der Waals surface area (Å²) in [5.74, 6) is 1.32. The first-order valence-corrected chi connectivity index (χ1v) is 9.17. The minimum absolute atomic E-state index is 0.0560. The monoisotopic (exact) mass is 316 g/mol. The SMILES string of the molecule is Cc1c2c(c(CS(=O)(=O)Cl)c3c1OC(C)C3)OC(C)C2. The van der Waals surface area contributed by atoms with Crippen molar-refractivity contribution in [1.29, 1.82) is 0 Å². The third-order valence-electron chi connectivity index (χ3n) is 3.92. The molecule has 0 N–H and O–H groups in total. The molecule has 1 aromatic rings. The Balaban J connectivity index is 2.23. The van der Waals surface area contributed by atoms with Crippen LogP contribution in [-0.4, -0.2) is 20.6 Å². The summed E-state index contributed by atoms with van der Waals surface area (Å²) >= 11 is 0. The highest BCUT2D eigenvalue weighted by molar-refractivity contribution is 8.13. The van der Waals surface area contributed by atoms with Gasteiger partial charge in [-0.2, -0.15) is 0 Å². The van der Waals surface area contributed by atoms with Gasteiger partial charge in [-0.15, -0.1) is 0 Å². The van der Waals surface area contributed by atoms with Crippen molar-refractivity contribution in [2.24, 2.45) is 0 Å². The van der Waals surface area contributed by atoms with Crippen molar-refractivity contribution in [3.05, 3.63) is 22.3 Å². The van der Waals surface area contributed by atoms with Gasteiger partial charge in [-0.25, -0.2) is 8.42 Å². The van der Waals surface area contributed by atoms with Gasteiger partial charge in [0.15, 0.2) is 0 Å². The van der Waals surface area contributed by atoms with E-state index in [-0.39, 0.29) is 18.0 Å². The van der Waals surface area contributed by atoms with Crippen molar-refractivity contribution in [1.82, 2.24) is 0 Å². The maximum absolute atomic E-state index is 11.5. The molecule has 20 heavy (non-hydrogen) atoms. The van der Waals surface area contributed by atoms with Crippen LogP contribution in [0.3, 0.4) is 0 Å². The van der Waals surface area contributed by atoms with Crippen molar-refractivity contribution in [2.75, 3.05) is 0 Å². The molecule has 0 amide bonds. The van der Waals surface area contributed by atoms with Gasteiger partial charge in [0.05, 0.1) is 5.75 Å². The fourth-order valence-corrected chi connectivity index (χ4v) is 4.12. The van der Waals surface area contributed by atoms with Crippen LogP contribution in [0, 0.1) is 6.92 Å². The summed E-state index contributed by atoms with van der Waals surface area (Å²) in [4.78, 5) is 0. The molecule has 110 valence electrons. The van der Waals surface area contributed by atoms with Crippen LogP contribution >= 0.6 is 10.7 Å². The molecule has 0 aromatic heterocycles. The minimum Gasteiger partial charge on any atom is -0.490 e. The van der Waals surface area contributed by atoms with Crippen LogP contribution in [0.15, 0.2) is 0 Å². The van der Waals surface area contributed by atoms with Crippen LogP contribution in [0.25, 0.3) is 0 Å². The molecular weight excluding hydrogens is 300 g/mol. The lowest BCUT2D eigenvalue weighted by Crippen LogP contribution is -2.08. The van der Waals surface area contributed by atoms with E-state index in [1.165, 1.54) is 0 Å². The van der Waals surface area contributed by atoms with E-state index in [4.69, 9.17) is 20.2 Å². The third-order valence-corrected chi connectivity index (χ3v) is 4.88. The van der Waals surface area contributed by atoms with Crippen molar-refractivity contribution < 1.29 is 17.9 Å². The van der Waals surface area contributed by atoms with Gasteiger partial charge in [0.25, 0.3) is 0 Å². The van der Waals surface area contributed by atoms with E-state index >= 15 is 0 Å². The third kappa shape index (κ3) is 2.27. The molecule has 3 rings (SSSR count). The summed E-state index contributed by atoms with van der Waals surface area (Å²) in [6, 6.07) is 0. The molecule has 2 unspecified atom stereocenters. The highest BCUT2D eigenvalue weighted by atomic mass is 35.7. The molecule has 0 radical (unpaired) electrons. The Kier molecular flexibility index (Phi) is 3.18. The Morgan fingerprint density at radius 1 is 1.10 bits per heavy atom. The summed E-state index contributed by atoms with van der Waals surface area (Å²) in [6.45, 7) is 5.97. The Bertz CT molecular complexity index is 642. The fourth-order valence-electron chi connectivity index (χ4n) is 3.14. The quantitative estimate of drug-likeness (QED) is 0.787. The van der Waals surface area contributed by atoms with E-state index < -0.39 is 9.05 Å². The Morgan fingerprint density at radius 3 is 2.25 bits per heavy atom. The second-order valence-corrected chi connectivity index (χ2v) is 8.44. The average molecular weight is 317 g/mol. The van der Waals surface area contributed by atoms with E-state index in [9.17, 15) is 8.42 Å². The van der Waals surface area contributed by atoms with Gasteiger partial charge in [-0.05, 0) is 26.3 Å². The molecule has 2 heterocycles. The minimum atomic E-state index is -3.63. The maximum atomic E-state index is 11.5. The largest absolute Gasteiger partial charge is 0.490 e. The molecule has 0 fully saturated rings. The Labute approximate surface area is 123 Å².